The summed E-state index contributed by atoms with van der Waals surface area (Å²) in [6.45, 7) is 6.59. The van der Waals surface area contributed by atoms with Crippen LogP contribution in [-0.2, 0) is 10.0 Å². The first kappa shape index (κ1) is 12.9. The minimum Gasteiger partial charge on any atom is -0.389 e. The van der Waals surface area contributed by atoms with E-state index in [-0.39, 0.29) is 5.75 Å². The van der Waals surface area contributed by atoms with Gasteiger partial charge in [-0.25, -0.2) is 13.1 Å². The molecule has 0 unspecified atom stereocenters. The van der Waals surface area contributed by atoms with E-state index in [2.05, 4.69) is 4.72 Å². The van der Waals surface area contributed by atoms with E-state index in [1.165, 1.54) is 0 Å². The van der Waals surface area contributed by atoms with Gasteiger partial charge in [-0.05, 0) is 46.5 Å². The number of sulfonamides is 1. The van der Waals surface area contributed by atoms with Gasteiger partial charge in [-0.3, -0.25) is 0 Å². The Bertz CT molecular complexity index is 323. The Kier molecular flexibility index (Phi) is 3.20. The van der Waals surface area contributed by atoms with Crippen molar-refractivity contribution in [3.8, 4) is 0 Å². The molecule has 0 bridgehead atoms. The lowest BCUT2D eigenvalue weighted by Gasteiger charge is -2.37. The number of hydrogen-bond donors (Lipinski definition) is 2. The summed E-state index contributed by atoms with van der Waals surface area (Å²) in [6.07, 6.45) is 2.01. The van der Waals surface area contributed by atoms with Crippen LogP contribution in [0.4, 0.5) is 0 Å². The van der Waals surface area contributed by atoms with Crippen LogP contribution in [0.15, 0.2) is 0 Å². The zero-order valence-corrected chi connectivity index (χ0v) is 10.7. The highest BCUT2D eigenvalue weighted by molar-refractivity contribution is 7.89. The lowest BCUT2D eigenvalue weighted by molar-refractivity contribution is 0.00638. The van der Waals surface area contributed by atoms with E-state index in [0.29, 0.717) is 5.92 Å². The van der Waals surface area contributed by atoms with Gasteiger partial charge in [0.05, 0.1) is 16.9 Å². The second-order valence-corrected chi connectivity index (χ2v) is 7.28. The lowest BCUT2D eigenvalue weighted by atomic mass is 9.87. The minimum atomic E-state index is -3.27. The highest BCUT2D eigenvalue weighted by Gasteiger charge is 2.39. The molecule has 0 radical (unpaired) electrons. The fraction of sp³-hybridized carbons (Fsp3) is 1.00. The molecule has 0 saturated heterocycles. The van der Waals surface area contributed by atoms with Gasteiger partial charge in [0.2, 0.25) is 10.0 Å². The molecule has 1 saturated carbocycles. The Morgan fingerprint density at radius 1 is 1.27 bits per heavy atom. The highest BCUT2D eigenvalue weighted by atomic mass is 32.2. The van der Waals surface area contributed by atoms with E-state index in [1.807, 2.05) is 0 Å². The summed E-state index contributed by atoms with van der Waals surface area (Å²) in [6, 6.07) is 0. The van der Waals surface area contributed by atoms with Gasteiger partial charge in [0, 0.05) is 0 Å². The van der Waals surface area contributed by atoms with Gasteiger partial charge in [0.1, 0.15) is 0 Å². The summed E-state index contributed by atoms with van der Waals surface area (Å²) in [5.41, 5.74) is -1.93. The molecular formula is C10H21NO3S. The van der Waals surface area contributed by atoms with Gasteiger partial charge in [-0.15, -0.1) is 0 Å². The number of nitrogens with one attached hydrogen (secondary N) is 1. The minimum absolute atomic E-state index is 0.187. The van der Waals surface area contributed by atoms with Crippen LogP contribution in [0.1, 0.15) is 40.5 Å². The maximum Gasteiger partial charge on any atom is 0.212 e. The van der Waals surface area contributed by atoms with Crippen LogP contribution in [0, 0.1) is 5.92 Å². The molecule has 90 valence electrons. The highest BCUT2D eigenvalue weighted by Crippen LogP contribution is 2.31. The maximum atomic E-state index is 11.7. The van der Waals surface area contributed by atoms with E-state index < -0.39 is 21.2 Å². The molecule has 4 nitrogen and oxygen atoms in total. The van der Waals surface area contributed by atoms with Crippen LogP contribution in [0.2, 0.25) is 0 Å². The Labute approximate surface area is 92.1 Å². The van der Waals surface area contributed by atoms with Crippen molar-refractivity contribution in [1.29, 1.82) is 0 Å². The smallest absolute Gasteiger partial charge is 0.212 e. The molecule has 1 aliphatic rings. The molecule has 0 aromatic rings. The summed E-state index contributed by atoms with van der Waals surface area (Å²) in [7, 11) is -3.27. The van der Waals surface area contributed by atoms with Gasteiger partial charge in [0.25, 0.3) is 0 Å². The van der Waals surface area contributed by atoms with Crippen molar-refractivity contribution in [2.45, 2.75) is 51.7 Å². The summed E-state index contributed by atoms with van der Waals surface area (Å²) < 4.78 is 26.0. The monoisotopic (exact) mass is 235 g/mol. The zero-order chi connectivity index (χ0) is 11.9. The molecule has 0 amide bonds. The van der Waals surface area contributed by atoms with Crippen molar-refractivity contribution in [2.75, 3.05) is 5.75 Å². The Hall–Kier alpha value is -0.130. The summed E-state index contributed by atoms with van der Waals surface area (Å²) in [5.74, 6) is 0.507. The first-order chi connectivity index (χ1) is 6.54. The van der Waals surface area contributed by atoms with Crippen molar-refractivity contribution < 1.29 is 13.5 Å². The van der Waals surface area contributed by atoms with E-state index in [4.69, 9.17) is 0 Å². The molecule has 0 aliphatic heterocycles. The number of aliphatic hydroxyl groups is 1. The van der Waals surface area contributed by atoms with Crippen LogP contribution >= 0.6 is 0 Å². The first-order valence-corrected chi connectivity index (χ1v) is 6.93. The molecule has 0 spiro atoms. The predicted octanol–water partition coefficient (Wildman–Crippen LogP) is 0.865. The Morgan fingerprint density at radius 3 is 2.07 bits per heavy atom. The zero-order valence-electron chi connectivity index (χ0n) is 9.87. The molecule has 0 aromatic carbocycles. The fourth-order valence-electron chi connectivity index (χ4n) is 1.15. The maximum absolute atomic E-state index is 11.7. The van der Waals surface area contributed by atoms with Crippen molar-refractivity contribution in [1.82, 2.24) is 4.72 Å². The van der Waals surface area contributed by atoms with Crippen molar-refractivity contribution in [3.05, 3.63) is 0 Å². The van der Waals surface area contributed by atoms with Crippen molar-refractivity contribution in [2.24, 2.45) is 5.92 Å². The third kappa shape index (κ3) is 3.74. The standard InChI is InChI=1S/C10H21NO3S/c1-9(2,10(3,4)12)11-15(13,14)7-8-5-6-8/h8,11-12H,5-7H2,1-4H3. The van der Waals surface area contributed by atoms with Crippen molar-refractivity contribution in [3.63, 3.8) is 0 Å². The van der Waals surface area contributed by atoms with Gasteiger partial charge in [-0.2, -0.15) is 0 Å². The normalized spacial score (nSPS) is 19.3. The quantitative estimate of drug-likeness (QED) is 0.743. The number of rotatable bonds is 5. The fourth-order valence-corrected chi connectivity index (χ4v) is 3.21. The summed E-state index contributed by atoms with van der Waals surface area (Å²) in [5, 5.41) is 9.83. The van der Waals surface area contributed by atoms with E-state index in [0.717, 1.165) is 12.8 Å². The molecule has 15 heavy (non-hydrogen) atoms. The Balaban J connectivity index is 2.66. The van der Waals surface area contributed by atoms with Crippen molar-refractivity contribution >= 4 is 10.0 Å². The van der Waals surface area contributed by atoms with E-state index in [9.17, 15) is 13.5 Å². The van der Waals surface area contributed by atoms with Gasteiger partial charge < -0.3 is 5.11 Å². The first-order valence-electron chi connectivity index (χ1n) is 5.27. The molecule has 1 aliphatic carbocycles. The summed E-state index contributed by atoms with van der Waals surface area (Å²) in [4.78, 5) is 0. The average molecular weight is 235 g/mol. The molecular weight excluding hydrogens is 214 g/mol. The molecule has 2 N–H and O–H groups in total. The lowest BCUT2D eigenvalue weighted by Crippen LogP contribution is -2.58. The third-order valence-electron chi connectivity index (χ3n) is 3.09. The molecule has 1 rings (SSSR count). The number of hydrogen-bond acceptors (Lipinski definition) is 3. The van der Waals surface area contributed by atoms with E-state index >= 15 is 0 Å². The molecule has 5 heteroatoms. The van der Waals surface area contributed by atoms with Crippen LogP contribution in [0.25, 0.3) is 0 Å². The molecule has 0 aromatic heterocycles. The van der Waals surface area contributed by atoms with Crippen LogP contribution in [0.5, 0.6) is 0 Å². The van der Waals surface area contributed by atoms with Gasteiger partial charge in [-0.1, -0.05) is 0 Å². The van der Waals surface area contributed by atoms with Crippen LogP contribution in [0.3, 0.4) is 0 Å². The molecule has 1 fully saturated rings. The Morgan fingerprint density at radius 2 is 1.73 bits per heavy atom. The largest absolute Gasteiger partial charge is 0.389 e. The van der Waals surface area contributed by atoms with Crippen LogP contribution < -0.4 is 4.72 Å². The molecule has 0 atom stereocenters. The van der Waals surface area contributed by atoms with Crippen LogP contribution in [-0.4, -0.2) is 30.4 Å². The summed E-state index contributed by atoms with van der Waals surface area (Å²) >= 11 is 0. The second-order valence-electron chi connectivity index (χ2n) is 5.51. The second kappa shape index (κ2) is 3.71. The predicted molar refractivity (Wildman–Crippen MR) is 60.0 cm³/mol. The van der Waals surface area contributed by atoms with Gasteiger partial charge in [0.15, 0.2) is 0 Å². The average Bonchev–Trinajstić information content (AvgIpc) is 2.64. The van der Waals surface area contributed by atoms with E-state index in [1.54, 1.807) is 27.7 Å². The van der Waals surface area contributed by atoms with Gasteiger partial charge >= 0.3 is 0 Å². The topological polar surface area (TPSA) is 66.4 Å². The SMILES string of the molecule is CC(C)(O)C(C)(C)NS(=O)(=O)CC1CC1. The third-order valence-corrected chi connectivity index (χ3v) is 4.82. The molecule has 0 heterocycles.